The number of nitrogens with zero attached hydrogens (tertiary/aromatic N) is 1. The minimum atomic E-state index is -4.68. The molecule has 3 aliphatic rings. The average Bonchev–Trinajstić information content (AvgIpc) is 3.35. The number of ether oxygens (including phenoxy) is 1. The topological polar surface area (TPSA) is 49.8 Å². The maximum atomic E-state index is 13.2. The number of amides is 1. The maximum Gasteiger partial charge on any atom is 0.417 e. The van der Waals surface area contributed by atoms with Crippen LogP contribution in [0.2, 0.25) is 0 Å². The van der Waals surface area contributed by atoms with Gasteiger partial charge in [0.25, 0.3) is 0 Å². The Morgan fingerprint density at radius 3 is 2.21 bits per heavy atom. The predicted molar refractivity (Wildman–Crippen MR) is 99.3 cm³/mol. The van der Waals surface area contributed by atoms with Gasteiger partial charge in [-0.3, -0.25) is 0 Å². The van der Waals surface area contributed by atoms with Crippen molar-refractivity contribution in [1.82, 2.24) is 4.90 Å². The molecule has 2 bridgehead atoms. The fraction of sp³-hybridized carbons (Fsp3) is 0.409. The number of fused-ring (bicyclic) bond motifs is 5. The number of hydrogen-bond donors (Lipinski definition) is 1. The second-order valence-electron chi connectivity index (χ2n) is 8.17. The summed E-state index contributed by atoms with van der Waals surface area (Å²) < 4.78 is 45.1. The summed E-state index contributed by atoms with van der Waals surface area (Å²) in [6, 6.07) is 15.3. The van der Waals surface area contributed by atoms with Gasteiger partial charge in [0, 0.05) is 30.8 Å². The van der Waals surface area contributed by atoms with Gasteiger partial charge in [-0.15, -0.1) is 0 Å². The normalized spacial score (nSPS) is 27.8. The number of hydrogen-bond acceptors (Lipinski definition) is 3. The monoisotopic (exact) mass is 403 g/mol. The molecule has 1 amide bonds. The van der Waals surface area contributed by atoms with E-state index in [4.69, 9.17) is 4.74 Å². The zero-order chi connectivity index (χ0) is 20.4. The molecule has 29 heavy (non-hydrogen) atoms. The van der Waals surface area contributed by atoms with Crippen LogP contribution in [0.15, 0.2) is 48.5 Å². The average molecular weight is 403 g/mol. The molecule has 3 unspecified atom stereocenters. The van der Waals surface area contributed by atoms with Crippen molar-refractivity contribution >= 4 is 6.09 Å². The van der Waals surface area contributed by atoms with E-state index in [-0.39, 0.29) is 25.5 Å². The summed E-state index contributed by atoms with van der Waals surface area (Å²) in [5, 5.41) is 10.0. The first kappa shape index (κ1) is 18.5. The number of benzene rings is 2. The molecule has 152 valence electrons. The van der Waals surface area contributed by atoms with E-state index in [0.717, 1.165) is 22.3 Å². The van der Waals surface area contributed by atoms with Gasteiger partial charge in [0.1, 0.15) is 6.61 Å². The summed E-state index contributed by atoms with van der Waals surface area (Å²) in [5.41, 5.74) is 1.68. The van der Waals surface area contributed by atoms with Gasteiger partial charge in [-0.1, -0.05) is 48.5 Å². The van der Waals surface area contributed by atoms with Crippen LogP contribution in [0.3, 0.4) is 0 Å². The molecule has 2 fully saturated rings. The Labute approximate surface area is 165 Å². The van der Waals surface area contributed by atoms with Crippen LogP contribution >= 0.6 is 0 Å². The van der Waals surface area contributed by atoms with Gasteiger partial charge in [0.15, 0.2) is 5.60 Å². The molecule has 2 aromatic carbocycles. The Bertz CT molecular complexity index is 930. The van der Waals surface area contributed by atoms with Crippen LogP contribution in [0, 0.1) is 5.92 Å². The van der Waals surface area contributed by atoms with Crippen molar-refractivity contribution in [1.29, 1.82) is 0 Å². The zero-order valence-corrected chi connectivity index (χ0v) is 15.5. The fourth-order valence-electron chi connectivity index (χ4n) is 5.23. The van der Waals surface area contributed by atoms with E-state index in [0.29, 0.717) is 0 Å². The van der Waals surface area contributed by atoms with Gasteiger partial charge in [0.05, 0.1) is 0 Å². The Balaban J connectivity index is 1.30. The van der Waals surface area contributed by atoms with E-state index >= 15 is 0 Å². The van der Waals surface area contributed by atoms with E-state index < -0.39 is 36.3 Å². The van der Waals surface area contributed by atoms with E-state index in [1.54, 1.807) is 0 Å². The molecule has 1 N–H and O–H groups in total. The van der Waals surface area contributed by atoms with Crippen molar-refractivity contribution in [3.63, 3.8) is 0 Å². The fourth-order valence-corrected chi connectivity index (χ4v) is 5.23. The van der Waals surface area contributed by atoms with E-state index in [9.17, 15) is 23.1 Å². The quantitative estimate of drug-likeness (QED) is 0.813. The van der Waals surface area contributed by atoms with Crippen LogP contribution in [-0.4, -0.2) is 47.1 Å². The van der Waals surface area contributed by atoms with Crippen LogP contribution in [0.4, 0.5) is 18.0 Å². The third kappa shape index (κ3) is 2.67. The number of likely N-dealkylation sites (tertiary alicyclic amines) is 1. The molecule has 5 rings (SSSR count). The molecule has 3 atom stereocenters. The van der Waals surface area contributed by atoms with Crippen LogP contribution in [0.25, 0.3) is 11.1 Å². The molecule has 1 saturated heterocycles. The number of alkyl halides is 3. The minimum Gasteiger partial charge on any atom is -0.448 e. The van der Waals surface area contributed by atoms with Gasteiger partial charge in [-0.2, -0.15) is 13.2 Å². The molecule has 0 radical (unpaired) electrons. The lowest BCUT2D eigenvalue weighted by Gasteiger charge is -2.38. The highest BCUT2D eigenvalue weighted by Crippen LogP contribution is 2.52. The van der Waals surface area contributed by atoms with Crippen molar-refractivity contribution in [2.45, 2.75) is 36.6 Å². The van der Waals surface area contributed by atoms with Gasteiger partial charge >= 0.3 is 12.3 Å². The molecule has 1 heterocycles. The number of rotatable bonds is 2. The van der Waals surface area contributed by atoms with Crippen molar-refractivity contribution in [2.24, 2.45) is 5.92 Å². The number of aliphatic hydroxyl groups is 1. The highest BCUT2D eigenvalue weighted by Gasteiger charge is 2.67. The number of carbonyl (C=O) groups is 1. The highest BCUT2D eigenvalue weighted by atomic mass is 19.4. The van der Waals surface area contributed by atoms with Crippen LogP contribution < -0.4 is 0 Å². The second kappa shape index (κ2) is 6.23. The maximum absolute atomic E-state index is 13.2. The van der Waals surface area contributed by atoms with Crippen LogP contribution in [0.5, 0.6) is 0 Å². The molecule has 1 aliphatic heterocycles. The van der Waals surface area contributed by atoms with Crippen molar-refractivity contribution < 1.29 is 27.8 Å². The van der Waals surface area contributed by atoms with Crippen LogP contribution in [-0.2, 0) is 4.74 Å². The Hall–Kier alpha value is -2.54. The van der Waals surface area contributed by atoms with E-state index in [1.165, 1.54) is 4.90 Å². The first-order valence-corrected chi connectivity index (χ1v) is 9.70. The smallest absolute Gasteiger partial charge is 0.417 e. The molecule has 2 aliphatic carbocycles. The third-order valence-corrected chi connectivity index (χ3v) is 6.70. The molecule has 2 aromatic rings. The predicted octanol–water partition coefficient (Wildman–Crippen LogP) is 4.32. The van der Waals surface area contributed by atoms with E-state index in [1.807, 2.05) is 48.5 Å². The van der Waals surface area contributed by atoms with Crippen LogP contribution in [0.1, 0.15) is 29.9 Å². The summed E-state index contributed by atoms with van der Waals surface area (Å²) in [5.74, 6) is -1.09. The first-order chi connectivity index (χ1) is 13.8. The molecular weight excluding hydrogens is 383 g/mol. The lowest BCUT2D eigenvalue weighted by atomic mass is 9.88. The molecular formula is C22H20F3NO3. The van der Waals surface area contributed by atoms with Crippen molar-refractivity contribution in [3.8, 4) is 11.1 Å². The Morgan fingerprint density at radius 1 is 1.10 bits per heavy atom. The Kier molecular flexibility index (Phi) is 3.97. The minimum absolute atomic E-state index is 0.0988. The van der Waals surface area contributed by atoms with E-state index in [2.05, 4.69) is 0 Å². The highest BCUT2D eigenvalue weighted by molar-refractivity contribution is 5.79. The summed E-state index contributed by atoms with van der Waals surface area (Å²) in [6.45, 7) is 0.00162. The SMILES string of the molecule is O=C(OCC1c2ccccc2-c2ccccc21)N1CC2CC1CC2(O)C(F)(F)F. The summed E-state index contributed by atoms with van der Waals surface area (Å²) >= 11 is 0. The number of halogens is 3. The molecule has 0 spiro atoms. The Morgan fingerprint density at radius 2 is 1.69 bits per heavy atom. The van der Waals surface area contributed by atoms with Gasteiger partial charge in [0.2, 0.25) is 0 Å². The molecule has 0 aromatic heterocycles. The van der Waals surface area contributed by atoms with Gasteiger partial charge in [-0.05, 0) is 28.7 Å². The van der Waals surface area contributed by atoms with Crippen molar-refractivity contribution in [2.75, 3.05) is 13.2 Å². The van der Waals surface area contributed by atoms with Crippen molar-refractivity contribution in [3.05, 3.63) is 59.7 Å². The lowest BCUT2D eigenvalue weighted by Crippen LogP contribution is -2.55. The summed E-state index contributed by atoms with van der Waals surface area (Å²) in [6.07, 6.45) is -5.62. The number of carbonyl (C=O) groups excluding carboxylic acids is 1. The molecule has 4 nitrogen and oxygen atoms in total. The van der Waals surface area contributed by atoms with Gasteiger partial charge in [-0.25, -0.2) is 4.79 Å². The lowest BCUT2D eigenvalue weighted by molar-refractivity contribution is -0.278. The second-order valence-corrected chi connectivity index (χ2v) is 8.17. The summed E-state index contributed by atoms with van der Waals surface area (Å²) in [4.78, 5) is 14.0. The first-order valence-electron chi connectivity index (χ1n) is 9.70. The van der Waals surface area contributed by atoms with Gasteiger partial charge < -0.3 is 14.7 Å². The summed E-state index contributed by atoms with van der Waals surface area (Å²) in [7, 11) is 0. The third-order valence-electron chi connectivity index (χ3n) is 6.70. The molecule has 1 saturated carbocycles. The standard InChI is InChI=1S/C22H20F3NO3/c23-22(24,25)21(28)10-14-9-13(21)11-26(14)20(27)29-12-19-17-7-3-1-5-15(17)16-6-2-4-8-18(16)19/h1-8,13-14,19,28H,9-12H2. The molecule has 7 heteroatoms. The zero-order valence-electron chi connectivity index (χ0n) is 15.5. The largest absolute Gasteiger partial charge is 0.448 e. The number of piperidine rings is 1.